The minimum absolute atomic E-state index is 0.639. The Bertz CT molecular complexity index is 121. The summed E-state index contributed by atoms with van der Waals surface area (Å²) in [7, 11) is 1.00. The van der Waals surface area contributed by atoms with Crippen LogP contribution in [0.3, 0.4) is 0 Å². The van der Waals surface area contributed by atoms with Gasteiger partial charge in [-0.3, -0.25) is 0 Å². The molecule has 0 saturated carbocycles. The van der Waals surface area contributed by atoms with Crippen molar-refractivity contribution >= 4 is 12.5 Å². The maximum absolute atomic E-state index is 9.17. The zero-order valence-electron chi connectivity index (χ0n) is 11.7. The van der Waals surface area contributed by atoms with Crippen molar-refractivity contribution in [3.63, 3.8) is 0 Å². The van der Waals surface area contributed by atoms with E-state index < -0.39 is 0 Å². The summed E-state index contributed by atoms with van der Waals surface area (Å²) in [6.07, 6.45) is 7.99. The van der Waals surface area contributed by atoms with Crippen LogP contribution in [-0.4, -0.2) is 24.7 Å². The van der Waals surface area contributed by atoms with Gasteiger partial charge in [0.1, 0.15) is 6.29 Å². The molecule has 0 spiro atoms. The van der Waals surface area contributed by atoms with Crippen molar-refractivity contribution in [1.29, 1.82) is 5.41 Å². The summed E-state index contributed by atoms with van der Waals surface area (Å²) in [5, 5.41) is 13.4. The smallest absolute Gasteiger partial charge is 0.119 e. The molecule has 98 valence electrons. The maximum Gasteiger partial charge on any atom is 0.119 e. The van der Waals surface area contributed by atoms with Crippen LogP contribution in [0.4, 0.5) is 0 Å². The van der Waals surface area contributed by atoms with Crippen molar-refractivity contribution in [3.8, 4) is 0 Å². The Morgan fingerprint density at radius 1 is 1.25 bits per heavy atom. The third-order valence-electron chi connectivity index (χ3n) is 0.455. The summed E-state index contributed by atoms with van der Waals surface area (Å²) in [5.74, 6) is 0. The van der Waals surface area contributed by atoms with Gasteiger partial charge in [-0.05, 0) is 19.9 Å². The summed E-state index contributed by atoms with van der Waals surface area (Å²) in [6, 6.07) is 0. The molecule has 0 radical (unpaired) electrons. The summed E-state index contributed by atoms with van der Waals surface area (Å²) in [6.45, 7) is 12.9. The van der Waals surface area contributed by atoms with Crippen molar-refractivity contribution in [2.24, 2.45) is 0 Å². The van der Waals surface area contributed by atoms with Crippen molar-refractivity contribution in [2.75, 3.05) is 7.11 Å². The molecule has 0 amide bonds. The Morgan fingerprint density at radius 3 is 1.50 bits per heavy atom. The molecular formula is C13H29NO2. The second-order valence-electron chi connectivity index (χ2n) is 1.68. The Hall–Kier alpha value is -1.22. The molecule has 3 nitrogen and oxygen atoms in total. The van der Waals surface area contributed by atoms with Gasteiger partial charge in [0.15, 0.2) is 0 Å². The topological polar surface area (TPSA) is 61.2 Å². The number of aliphatic hydroxyl groups excluding tert-OH is 1. The van der Waals surface area contributed by atoms with Crippen LogP contribution in [-0.2, 0) is 4.79 Å². The zero-order chi connectivity index (χ0) is 14.2. The normalized spacial score (nSPS) is 5.94. The molecule has 0 heterocycles. The van der Waals surface area contributed by atoms with Crippen LogP contribution in [0, 0.1) is 5.41 Å². The molecule has 0 aliphatic carbocycles. The lowest BCUT2D eigenvalue weighted by Crippen LogP contribution is -1.55. The molecule has 0 bridgehead atoms. The fourth-order valence-electron chi connectivity index (χ4n) is 0.0962. The van der Waals surface area contributed by atoms with Crippen molar-refractivity contribution in [2.45, 2.75) is 41.0 Å². The van der Waals surface area contributed by atoms with E-state index >= 15 is 0 Å². The third kappa shape index (κ3) is 560. The van der Waals surface area contributed by atoms with Gasteiger partial charge in [-0.15, -0.1) is 6.58 Å². The number of carbonyl (C=O) groups is 1. The summed E-state index contributed by atoms with van der Waals surface area (Å²) < 4.78 is 0. The molecule has 2 N–H and O–H groups in total. The van der Waals surface area contributed by atoms with Gasteiger partial charge in [0.25, 0.3) is 0 Å². The SMILES string of the molecule is C/C=C\C=N.C=CC.CC.CCC=O.CO. The standard InChI is InChI=1S/C4H7N.C3H6O.C3H6.C2H6.CH4O/c1-2-3-4-5;1-2-3-4;1-3-2;2*1-2/h2-5H,1H3;3H,2H2,1H3;3H,1H2,2H3;1-2H3;2H,1H3/b3-2-,5-4?;;;;. The lowest BCUT2D eigenvalue weighted by Gasteiger charge is -1.54. The number of carbonyl (C=O) groups excluding carboxylic acids is 1. The van der Waals surface area contributed by atoms with E-state index in [0.717, 1.165) is 13.4 Å². The molecule has 16 heavy (non-hydrogen) atoms. The molecule has 0 atom stereocenters. The minimum Gasteiger partial charge on any atom is -0.400 e. The fourth-order valence-corrected chi connectivity index (χ4v) is 0.0962. The van der Waals surface area contributed by atoms with Gasteiger partial charge in [-0.1, -0.05) is 32.9 Å². The minimum atomic E-state index is 0.639. The number of rotatable bonds is 2. The Balaban J connectivity index is -0.0000000334. The average molecular weight is 231 g/mol. The number of hydrogen-bond donors (Lipinski definition) is 2. The van der Waals surface area contributed by atoms with E-state index in [9.17, 15) is 4.79 Å². The molecule has 0 fully saturated rings. The Morgan fingerprint density at radius 2 is 1.50 bits per heavy atom. The maximum atomic E-state index is 9.17. The zero-order valence-corrected chi connectivity index (χ0v) is 11.7. The molecule has 0 aromatic rings. The number of allylic oxidation sites excluding steroid dienone is 3. The highest BCUT2D eigenvalue weighted by atomic mass is 16.2. The molecule has 0 rings (SSSR count). The van der Waals surface area contributed by atoms with Crippen molar-refractivity contribution in [3.05, 3.63) is 24.8 Å². The lowest BCUT2D eigenvalue weighted by molar-refractivity contribution is -0.107. The molecule has 0 unspecified atom stereocenters. The summed E-state index contributed by atoms with van der Waals surface area (Å²) in [5.41, 5.74) is 0. The number of aliphatic hydroxyl groups is 1. The van der Waals surface area contributed by atoms with E-state index in [2.05, 4.69) is 6.58 Å². The van der Waals surface area contributed by atoms with E-state index in [-0.39, 0.29) is 0 Å². The van der Waals surface area contributed by atoms with Crippen LogP contribution >= 0.6 is 0 Å². The number of hydrogen-bond acceptors (Lipinski definition) is 3. The summed E-state index contributed by atoms with van der Waals surface area (Å²) >= 11 is 0. The van der Waals surface area contributed by atoms with E-state index in [1.54, 1.807) is 12.2 Å². The average Bonchev–Trinajstić information content (AvgIpc) is 2.36. The third-order valence-corrected chi connectivity index (χ3v) is 0.455. The van der Waals surface area contributed by atoms with E-state index in [1.807, 2.05) is 40.7 Å². The first-order chi connectivity index (χ1) is 7.74. The van der Waals surface area contributed by atoms with Gasteiger partial charge in [-0.2, -0.15) is 0 Å². The monoisotopic (exact) mass is 231 g/mol. The van der Waals surface area contributed by atoms with Gasteiger partial charge in [-0.25, -0.2) is 0 Å². The molecule has 0 saturated heterocycles. The van der Waals surface area contributed by atoms with Crippen LogP contribution in [0.1, 0.15) is 41.0 Å². The fraction of sp³-hybridized carbons (Fsp3) is 0.538. The van der Waals surface area contributed by atoms with E-state index in [4.69, 9.17) is 10.5 Å². The number of nitrogens with one attached hydrogen (secondary N) is 1. The van der Waals surface area contributed by atoms with Crippen molar-refractivity contribution in [1.82, 2.24) is 0 Å². The lowest BCUT2D eigenvalue weighted by atomic mass is 10.6. The highest BCUT2D eigenvalue weighted by molar-refractivity contribution is 5.67. The van der Waals surface area contributed by atoms with Crippen LogP contribution in [0.5, 0.6) is 0 Å². The van der Waals surface area contributed by atoms with Gasteiger partial charge in [0, 0.05) is 19.7 Å². The van der Waals surface area contributed by atoms with Gasteiger partial charge in [0.05, 0.1) is 0 Å². The van der Waals surface area contributed by atoms with Gasteiger partial charge in [0.2, 0.25) is 0 Å². The Kier molecular flexibility index (Phi) is 181. The highest BCUT2D eigenvalue weighted by Crippen LogP contribution is 1.56. The van der Waals surface area contributed by atoms with E-state index in [1.165, 1.54) is 6.21 Å². The van der Waals surface area contributed by atoms with E-state index in [0.29, 0.717) is 6.42 Å². The first-order valence-electron chi connectivity index (χ1n) is 5.32. The quantitative estimate of drug-likeness (QED) is 0.433. The molecule has 0 aliphatic rings. The first kappa shape index (κ1) is 29.3. The van der Waals surface area contributed by atoms with Crippen LogP contribution in [0.25, 0.3) is 0 Å². The van der Waals surface area contributed by atoms with Crippen LogP contribution < -0.4 is 0 Å². The second-order valence-corrected chi connectivity index (χ2v) is 1.68. The first-order valence-corrected chi connectivity index (χ1v) is 5.32. The molecule has 0 aliphatic heterocycles. The van der Waals surface area contributed by atoms with Crippen molar-refractivity contribution < 1.29 is 9.90 Å². The predicted octanol–water partition coefficient (Wildman–Crippen LogP) is 3.63. The molecular weight excluding hydrogens is 202 g/mol. The second kappa shape index (κ2) is 98.5. The Labute approximate surface area is 101 Å². The van der Waals surface area contributed by atoms with Gasteiger partial charge >= 0.3 is 0 Å². The van der Waals surface area contributed by atoms with Crippen LogP contribution in [0.2, 0.25) is 0 Å². The highest BCUT2D eigenvalue weighted by Gasteiger charge is 1.52. The molecule has 0 aromatic carbocycles. The number of aldehydes is 1. The molecule has 0 aromatic heterocycles. The summed E-state index contributed by atoms with van der Waals surface area (Å²) in [4.78, 5) is 9.17. The van der Waals surface area contributed by atoms with Gasteiger partial charge < -0.3 is 15.3 Å². The predicted molar refractivity (Wildman–Crippen MR) is 75.3 cm³/mol. The molecule has 3 heteroatoms. The largest absolute Gasteiger partial charge is 0.400 e. The van der Waals surface area contributed by atoms with Crippen LogP contribution in [0.15, 0.2) is 24.8 Å².